The lowest BCUT2D eigenvalue weighted by molar-refractivity contribution is 0.174. The number of β-amino-alcohol motifs (C(OH)–C–C–N with tert-alkyl or cyclic N) is 1. The van der Waals surface area contributed by atoms with Gasteiger partial charge in [0, 0.05) is 44.5 Å². The van der Waals surface area contributed by atoms with Gasteiger partial charge in [-0.15, -0.1) is 0 Å². The fourth-order valence-corrected chi connectivity index (χ4v) is 4.32. The van der Waals surface area contributed by atoms with E-state index < -0.39 is 0 Å². The number of hydrogen-bond donors (Lipinski definition) is 2. The fourth-order valence-electron chi connectivity index (χ4n) is 4.32. The summed E-state index contributed by atoms with van der Waals surface area (Å²) < 4.78 is 12.8. The van der Waals surface area contributed by atoms with Crippen molar-refractivity contribution < 1.29 is 14.6 Å². The zero-order chi connectivity index (χ0) is 22.9. The number of rotatable bonds is 6. The average molecular weight is 460 g/mol. The summed E-state index contributed by atoms with van der Waals surface area (Å²) in [5.41, 5.74) is 2.51. The van der Waals surface area contributed by atoms with Gasteiger partial charge >= 0.3 is 0 Å². The molecule has 10 heteroatoms. The second-order valence-electron chi connectivity index (χ2n) is 8.25. The summed E-state index contributed by atoms with van der Waals surface area (Å²) in [6.07, 6.45) is 1.79. The van der Waals surface area contributed by atoms with E-state index in [1.54, 1.807) is 6.20 Å². The lowest BCUT2D eigenvalue weighted by atomic mass is 10.2. The Morgan fingerprint density at radius 1 is 0.941 bits per heavy atom. The molecule has 4 aromatic rings. The van der Waals surface area contributed by atoms with Gasteiger partial charge in [-0.05, 0) is 24.3 Å². The van der Waals surface area contributed by atoms with E-state index in [0.29, 0.717) is 24.1 Å². The monoisotopic (exact) mass is 459 g/mol. The highest BCUT2D eigenvalue weighted by atomic mass is 16.7. The van der Waals surface area contributed by atoms with Gasteiger partial charge in [0.15, 0.2) is 17.1 Å². The van der Waals surface area contributed by atoms with Crippen LogP contribution in [-0.4, -0.2) is 75.9 Å². The van der Waals surface area contributed by atoms with E-state index in [9.17, 15) is 5.11 Å². The summed E-state index contributed by atoms with van der Waals surface area (Å²) >= 11 is 0. The molecule has 0 amide bonds. The van der Waals surface area contributed by atoms with E-state index in [1.165, 1.54) is 0 Å². The molecule has 10 nitrogen and oxygen atoms in total. The molecule has 2 aromatic heterocycles. The maximum absolute atomic E-state index is 9.26. The lowest BCUT2D eigenvalue weighted by Gasteiger charge is -2.34. The predicted molar refractivity (Wildman–Crippen MR) is 128 cm³/mol. The molecular formula is C24H25N7O3. The molecule has 1 fully saturated rings. The topological polar surface area (TPSA) is 101 Å². The van der Waals surface area contributed by atoms with Crippen LogP contribution < -0.4 is 19.7 Å². The minimum absolute atomic E-state index is 0.169. The second-order valence-corrected chi connectivity index (χ2v) is 8.25. The average Bonchev–Trinajstić information content (AvgIpc) is 3.52. The summed E-state index contributed by atoms with van der Waals surface area (Å²) in [6.45, 7) is 4.36. The number of piperazine rings is 1. The number of nitrogens with zero attached hydrogens (tertiary/aromatic N) is 6. The highest BCUT2D eigenvalue weighted by Gasteiger charge is 2.22. The molecule has 0 aliphatic carbocycles. The van der Waals surface area contributed by atoms with Crippen LogP contribution in [0.4, 0.5) is 17.5 Å². The highest BCUT2D eigenvalue weighted by Crippen LogP contribution is 2.36. The number of nitrogens with one attached hydrogen (secondary N) is 1. The first kappa shape index (κ1) is 20.7. The van der Waals surface area contributed by atoms with Gasteiger partial charge in [-0.25, -0.2) is 4.68 Å². The van der Waals surface area contributed by atoms with E-state index in [4.69, 9.17) is 19.4 Å². The van der Waals surface area contributed by atoms with Crippen molar-refractivity contribution in [3.63, 3.8) is 0 Å². The van der Waals surface area contributed by atoms with E-state index in [1.807, 2.05) is 53.2 Å². The Labute approximate surface area is 196 Å². The molecule has 0 unspecified atom stereocenters. The number of fused-ring (bicyclic) bond motifs is 2. The molecule has 2 aromatic carbocycles. The zero-order valence-electron chi connectivity index (χ0n) is 18.6. The second kappa shape index (κ2) is 8.81. The van der Waals surface area contributed by atoms with Gasteiger partial charge in [0.2, 0.25) is 12.7 Å². The van der Waals surface area contributed by atoms with Crippen molar-refractivity contribution in [2.24, 2.45) is 0 Å². The fraction of sp³-hybridized carbons (Fsp3) is 0.292. The van der Waals surface area contributed by atoms with Crippen LogP contribution in [0.3, 0.4) is 0 Å². The number of benzene rings is 2. The van der Waals surface area contributed by atoms with Crippen LogP contribution in [0.5, 0.6) is 11.5 Å². The van der Waals surface area contributed by atoms with Crippen LogP contribution in [0, 0.1) is 0 Å². The molecule has 0 spiro atoms. The van der Waals surface area contributed by atoms with Gasteiger partial charge in [-0.2, -0.15) is 15.1 Å². The number of ether oxygens (including phenoxy) is 2. The van der Waals surface area contributed by atoms with Gasteiger partial charge in [0.25, 0.3) is 0 Å². The van der Waals surface area contributed by atoms with Crippen LogP contribution in [-0.2, 0) is 0 Å². The largest absolute Gasteiger partial charge is 0.454 e. The van der Waals surface area contributed by atoms with E-state index in [0.717, 1.165) is 54.3 Å². The first-order valence-corrected chi connectivity index (χ1v) is 11.3. The summed E-state index contributed by atoms with van der Waals surface area (Å²) in [5.74, 6) is 2.77. The molecule has 2 N–H and O–H groups in total. The zero-order valence-corrected chi connectivity index (χ0v) is 18.6. The molecule has 1 saturated heterocycles. The Bertz CT molecular complexity index is 1300. The van der Waals surface area contributed by atoms with Crippen LogP contribution in [0.25, 0.3) is 16.7 Å². The summed E-state index contributed by atoms with van der Waals surface area (Å²) in [5, 5.41) is 18.1. The van der Waals surface area contributed by atoms with Crippen LogP contribution >= 0.6 is 0 Å². The smallest absolute Gasteiger partial charge is 0.231 e. The third-order valence-electron chi connectivity index (χ3n) is 6.12. The highest BCUT2D eigenvalue weighted by molar-refractivity contribution is 5.90. The quantitative estimate of drug-likeness (QED) is 0.450. The molecule has 4 heterocycles. The first-order valence-electron chi connectivity index (χ1n) is 11.3. The summed E-state index contributed by atoms with van der Waals surface area (Å²) in [6, 6.07) is 15.7. The molecule has 34 heavy (non-hydrogen) atoms. The number of para-hydroxylation sites is 1. The minimum atomic E-state index is 0.169. The molecule has 2 aliphatic rings. The van der Waals surface area contributed by atoms with E-state index in [2.05, 4.69) is 20.2 Å². The number of hydrogen-bond acceptors (Lipinski definition) is 9. The maximum atomic E-state index is 9.26. The summed E-state index contributed by atoms with van der Waals surface area (Å²) in [7, 11) is 0. The van der Waals surface area contributed by atoms with Crippen LogP contribution in [0.15, 0.2) is 54.7 Å². The normalized spacial score (nSPS) is 15.7. The van der Waals surface area contributed by atoms with Crippen molar-refractivity contribution in [2.75, 3.05) is 56.3 Å². The molecule has 0 atom stereocenters. The van der Waals surface area contributed by atoms with Gasteiger partial charge in [0.05, 0.1) is 23.9 Å². The van der Waals surface area contributed by atoms with Crippen molar-refractivity contribution in [1.29, 1.82) is 0 Å². The van der Waals surface area contributed by atoms with Crippen molar-refractivity contribution in [3.8, 4) is 17.2 Å². The number of aliphatic hydroxyl groups is 1. The molecule has 2 aliphatic heterocycles. The minimum Gasteiger partial charge on any atom is -0.454 e. The molecule has 0 saturated carbocycles. The number of anilines is 3. The van der Waals surface area contributed by atoms with Gasteiger partial charge in [-0.1, -0.05) is 18.2 Å². The lowest BCUT2D eigenvalue weighted by Crippen LogP contribution is -2.47. The van der Waals surface area contributed by atoms with Crippen LogP contribution in [0.1, 0.15) is 0 Å². The Kier molecular flexibility index (Phi) is 5.36. The number of aliphatic hydroxyl groups excluding tert-OH is 1. The van der Waals surface area contributed by atoms with Crippen molar-refractivity contribution >= 4 is 28.5 Å². The Morgan fingerprint density at radius 3 is 2.59 bits per heavy atom. The van der Waals surface area contributed by atoms with E-state index >= 15 is 0 Å². The standard InChI is InChI=1S/C24H25N7O3/c32-13-12-29-8-10-30(11-9-29)24-27-22(26-17-6-7-20-21(14-17)34-16-33-20)19-15-25-31(23(19)28-24)18-4-2-1-3-5-18/h1-7,14-15,32H,8-13,16H2,(H,26,27,28). The number of aromatic nitrogens is 4. The molecule has 0 bridgehead atoms. The molecular weight excluding hydrogens is 434 g/mol. The molecule has 174 valence electrons. The van der Waals surface area contributed by atoms with Crippen molar-refractivity contribution in [1.82, 2.24) is 24.6 Å². The third kappa shape index (κ3) is 3.87. The van der Waals surface area contributed by atoms with Gasteiger partial charge < -0.3 is 24.8 Å². The van der Waals surface area contributed by atoms with E-state index in [-0.39, 0.29) is 13.4 Å². The van der Waals surface area contributed by atoms with Crippen molar-refractivity contribution in [3.05, 3.63) is 54.7 Å². The van der Waals surface area contributed by atoms with Gasteiger partial charge in [-0.3, -0.25) is 4.90 Å². The van der Waals surface area contributed by atoms with Crippen LogP contribution in [0.2, 0.25) is 0 Å². The molecule has 0 radical (unpaired) electrons. The first-order chi connectivity index (χ1) is 16.8. The third-order valence-corrected chi connectivity index (χ3v) is 6.12. The summed E-state index contributed by atoms with van der Waals surface area (Å²) in [4.78, 5) is 14.3. The SMILES string of the molecule is OCCN1CCN(c2nc(Nc3ccc4c(c3)OCO4)c3cnn(-c4ccccc4)c3n2)CC1. The van der Waals surface area contributed by atoms with Gasteiger partial charge in [0.1, 0.15) is 5.82 Å². The Morgan fingerprint density at radius 2 is 1.76 bits per heavy atom. The maximum Gasteiger partial charge on any atom is 0.231 e. The van der Waals surface area contributed by atoms with Crippen molar-refractivity contribution in [2.45, 2.75) is 0 Å². The molecule has 6 rings (SSSR count). The predicted octanol–water partition coefficient (Wildman–Crippen LogP) is 2.40. The Balaban J connectivity index is 1.39. The Hall–Kier alpha value is -3.89.